The monoisotopic (exact) mass is 567 g/mol. The SMILES string of the molecule is CC(=O)CN(C)C(=O)OC(C)(C)C.CCCC(=N)c1cnc(Cl)cc1C.CCCc1cc(Cl)ccc1OC. The van der Waals surface area contributed by atoms with Crippen molar-refractivity contribution in [1.29, 1.82) is 5.41 Å². The van der Waals surface area contributed by atoms with Crippen molar-refractivity contribution in [3.8, 4) is 5.75 Å². The maximum atomic E-state index is 11.2. The first kappa shape index (κ1) is 35.4. The number of nitrogens with zero attached hydrogens (tertiary/aromatic N) is 2. The van der Waals surface area contributed by atoms with E-state index in [-0.39, 0.29) is 12.3 Å². The average molecular weight is 569 g/mol. The van der Waals surface area contributed by atoms with E-state index in [0.717, 1.165) is 47.6 Å². The number of likely N-dealkylation sites (N-methyl/N-ethyl adjacent to an activating group) is 1. The molecule has 0 unspecified atom stereocenters. The van der Waals surface area contributed by atoms with Crippen molar-refractivity contribution in [3.05, 3.63) is 57.3 Å². The number of Topliss-reactive ketones (excluding diaryl/α,β-unsaturated/α-hetero) is 1. The summed E-state index contributed by atoms with van der Waals surface area (Å²) >= 11 is 11.6. The second-order valence-electron chi connectivity index (χ2n) is 9.80. The third-order valence-corrected chi connectivity index (χ3v) is 5.27. The fraction of sp³-hybridized carbons (Fsp3) is 0.517. The van der Waals surface area contributed by atoms with Crippen LogP contribution in [0.25, 0.3) is 0 Å². The molecule has 1 heterocycles. The standard InChI is InChI=1S/C10H13ClN2.C10H13ClO.C9H17NO3/c1-3-4-9(12)8-6-13-10(11)5-7(8)2;1-3-4-8-7-9(11)5-6-10(8)12-2;1-7(11)6-10(5)8(12)13-9(2,3)4/h5-6,12H,3-4H2,1-2H3;5-7H,3-4H2,1-2H3;6H2,1-5H3. The van der Waals surface area contributed by atoms with Crippen LogP contribution in [0, 0.1) is 12.3 Å². The van der Waals surface area contributed by atoms with Gasteiger partial charge in [0.05, 0.1) is 13.7 Å². The molecule has 0 aliphatic heterocycles. The van der Waals surface area contributed by atoms with Gasteiger partial charge < -0.3 is 19.8 Å². The smallest absolute Gasteiger partial charge is 0.410 e. The minimum Gasteiger partial charge on any atom is -0.496 e. The van der Waals surface area contributed by atoms with Crippen LogP contribution in [0.1, 0.15) is 77.5 Å². The topological polar surface area (TPSA) is 92.6 Å². The van der Waals surface area contributed by atoms with Crippen LogP contribution in [0.3, 0.4) is 0 Å². The Kier molecular flexibility index (Phi) is 16.6. The van der Waals surface area contributed by atoms with Crippen molar-refractivity contribution in [2.75, 3.05) is 20.7 Å². The number of halogens is 2. The normalized spacial score (nSPS) is 10.3. The van der Waals surface area contributed by atoms with E-state index in [9.17, 15) is 9.59 Å². The van der Waals surface area contributed by atoms with Crippen molar-refractivity contribution >= 4 is 40.8 Å². The molecule has 212 valence electrons. The Hall–Kier alpha value is -2.64. The summed E-state index contributed by atoms with van der Waals surface area (Å²) in [4.78, 5) is 27.1. The molecule has 1 aromatic heterocycles. The highest BCUT2D eigenvalue weighted by molar-refractivity contribution is 6.30. The molecule has 0 spiro atoms. The minimum atomic E-state index is -0.512. The number of methoxy groups -OCH3 is 1. The summed E-state index contributed by atoms with van der Waals surface area (Å²) in [7, 11) is 3.22. The van der Waals surface area contributed by atoms with Gasteiger partial charge in [0, 0.05) is 29.5 Å². The fourth-order valence-electron chi connectivity index (χ4n) is 3.17. The highest BCUT2D eigenvalue weighted by Crippen LogP contribution is 2.23. The Balaban J connectivity index is 0.000000541. The van der Waals surface area contributed by atoms with Crippen LogP contribution in [-0.2, 0) is 16.0 Å². The molecule has 0 aliphatic rings. The van der Waals surface area contributed by atoms with Crippen molar-refractivity contribution in [3.63, 3.8) is 0 Å². The Morgan fingerprint density at radius 2 is 1.74 bits per heavy atom. The van der Waals surface area contributed by atoms with Gasteiger partial charge in [-0.2, -0.15) is 0 Å². The summed E-state index contributed by atoms with van der Waals surface area (Å²) in [6, 6.07) is 7.51. The summed E-state index contributed by atoms with van der Waals surface area (Å²) in [5.41, 5.74) is 3.25. The highest BCUT2D eigenvalue weighted by Gasteiger charge is 2.19. The quantitative estimate of drug-likeness (QED) is 0.258. The lowest BCUT2D eigenvalue weighted by atomic mass is 10.0. The zero-order valence-corrected chi connectivity index (χ0v) is 25.7. The van der Waals surface area contributed by atoms with Crippen LogP contribution in [0.4, 0.5) is 4.79 Å². The highest BCUT2D eigenvalue weighted by atomic mass is 35.5. The number of aryl methyl sites for hydroxylation is 2. The third-order valence-electron chi connectivity index (χ3n) is 4.83. The van der Waals surface area contributed by atoms with Crippen LogP contribution in [0.5, 0.6) is 5.75 Å². The first-order chi connectivity index (χ1) is 17.6. The van der Waals surface area contributed by atoms with Gasteiger partial charge in [0.25, 0.3) is 0 Å². The molecule has 0 bridgehead atoms. The van der Waals surface area contributed by atoms with Crippen molar-refractivity contribution in [1.82, 2.24) is 9.88 Å². The van der Waals surface area contributed by atoms with Crippen LogP contribution in [0.2, 0.25) is 10.2 Å². The van der Waals surface area contributed by atoms with Crippen molar-refractivity contribution < 1.29 is 19.1 Å². The predicted octanol–water partition coefficient (Wildman–Crippen LogP) is 7.95. The summed E-state index contributed by atoms with van der Waals surface area (Å²) in [6.45, 7) is 13.0. The number of carbonyl (C=O) groups excluding carboxylic acids is 2. The van der Waals surface area contributed by atoms with Gasteiger partial charge in [0.2, 0.25) is 0 Å². The summed E-state index contributed by atoms with van der Waals surface area (Å²) in [5.74, 6) is 0.870. The number of hydrogen-bond donors (Lipinski definition) is 1. The molecule has 2 aromatic rings. The van der Waals surface area contributed by atoms with Crippen LogP contribution in [-0.4, -0.2) is 53.8 Å². The number of carbonyl (C=O) groups is 2. The van der Waals surface area contributed by atoms with Gasteiger partial charge in [-0.25, -0.2) is 9.78 Å². The van der Waals surface area contributed by atoms with E-state index in [1.54, 1.807) is 40.1 Å². The molecule has 9 heteroatoms. The molecular weight excluding hydrogens is 525 g/mol. The number of nitrogens with one attached hydrogen (secondary N) is 1. The number of ether oxygens (including phenoxy) is 2. The molecule has 0 fully saturated rings. The van der Waals surface area contributed by atoms with E-state index in [4.69, 9.17) is 38.1 Å². The Labute approximate surface area is 238 Å². The van der Waals surface area contributed by atoms with Crippen molar-refractivity contribution in [2.24, 2.45) is 0 Å². The van der Waals surface area contributed by atoms with E-state index >= 15 is 0 Å². The number of amides is 1. The van der Waals surface area contributed by atoms with E-state index in [0.29, 0.717) is 10.9 Å². The second-order valence-corrected chi connectivity index (χ2v) is 10.6. The van der Waals surface area contributed by atoms with Gasteiger partial charge >= 0.3 is 6.09 Å². The maximum absolute atomic E-state index is 11.2. The number of rotatable bonds is 8. The van der Waals surface area contributed by atoms with Gasteiger partial charge in [-0.15, -0.1) is 0 Å². The van der Waals surface area contributed by atoms with Crippen LogP contribution < -0.4 is 4.74 Å². The average Bonchev–Trinajstić information content (AvgIpc) is 2.79. The molecule has 1 N–H and O–H groups in total. The zero-order chi connectivity index (χ0) is 29.5. The third kappa shape index (κ3) is 14.9. The predicted molar refractivity (Wildman–Crippen MR) is 157 cm³/mol. The van der Waals surface area contributed by atoms with Gasteiger partial charge in [-0.3, -0.25) is 4.79 Å². The lowest BCUT2D eigenvalue weighted by Gasteiger charge is -2.23. The molecule has 7 nitrogen and oxygen atoms in total. The molecule has 1 amide bonds. The van der Waals surface area contributed by atoms with Crippen LogP contribution >= 0.6 is 23.2 Å². The number of aromatic nitrogens is 1. The number of ketones is 1. The molecule has 38 heavy (non-hydrogen) atoms. The van der Waals surface area contributed by atoms with Crippen LogP contribution in [0.15, 0.2) is 30.5 Å². The minimum absolute atomic E-state index is 0.0617. The molecule has 1 aromatic carbocycles. The van der Waals surface area contributed by atoms with Gasteiger partial charge in [-0.05, 0) is 82.9 Å². The van der Waals surface area contributed by atoms with Gasteiger partial charge in [0.15, 0.2) is 0 Å². The Bertz CT molecular complexity index is 1050. The molecule has 0 atom stereocenters. The maximum Gasteiger partial charge on any atom is 0.410 e. The lowest BCUT2D eigenvalue weighted by molar-refractivity contribution is -0.117. The number of benzene rings is 1. The van der Waals surface area contributed by atoms with E-state index in [1.807, 2.05) is 25.1 Å². The summed E-state index contributed by atoms with van der Waals surface area (Å²) in [5, 5.41) is 9.03. The van der Waals surface area contributed by atoms with E-state index in [1.165, 1.54) is 24.4 Å². The molecular formula is C29H43Cl2N3O4. The number of hydrogen-bond acceptors (Lipinski definition) is 6. The zero-order valence-electron chi connectivity index (χ0n) is 24.2. The molecule has 0 radical (unpaired) electrons. The first-order valence-electron chi connectivity index (χ1n) is 12.6. The van der Waals surface area contributed by atoms with Gasteiger partial charge in [-0.1, -0.05) is 49.9 Å². The molecule has 0 aliphatic carbocycles. The molecule has 0 saturated heterocycles. The first-order valence-corrected chi connectivity index (χ1v) is 13.4. The fourth-order valence-corrected chi connectivity index (χ4v) is 3.58. The molecule has 2 rings (SSSR count). The summed E-state index contributed by atoms with van der Waals surface area (Å²) in [6.07, 6.45) is 5.11. The molecule has 0 saturated carbocycles. The largest absolute Gasteiger partial charge is 0.496 e. The van der Waals surface area contributed by atoms with Crippen molar-refractivity contribution in [2.45, 2.75) is 79.8 Å². The van der Waals surface area contributed by atoms with E-state index < -0.39 is 11.7 Å². The second kappa shape index (κ2) is 17.8. The summed E-state index contributed by atoms with van der Waals surface area (Å²) < 4.78 is 10.2. The lowest BCUT2D eigenvalue weighted by Crippen LogP contribution is -2.36. The Morgan fingerprint density at radius 3 is 2.21 bits per heavy atom. The van der Waals surface area contributed by atoms with E-state index in [2.05, 4.69) is 18.8 Å². The van der Waals surface area contributed by atoms with Gasteiger partial charge in [0.1, 0.15) is 22.3 Å². The number of pyridine rings is 1. The Morgan fingerprint density at radius 1 is 1.11 bits per heavy atom.